The minimum Gasteiger partial charge on any atom is -0.497 e. The maximum atomic E-state index is 14.5. The van der Waals surface area contributed by atoms with E-state index < -0.39 is 5.60 Å². The van der Waals surface area contributed by atoms with E-state index >= 15 is 0 Å². The molecule has 4 rings (SSSR count). The minimum atomic E-state index is -0.923. The first-order valence-electron chi connectivity index (χ1n) is 10.2. The van der Waals surface area contributed by atoms with E-state index in [4.69, 9.17) is 9.47 Å². The molecule has 29 heavy (non-hydrogen) atoms. The monoisotopic (exact) mass is 400 g/mol. The van der Waals surface area contributed by atoms with Crippen molar-refractivity contribution in [2.24, 2.45) is 0 Å². The van der Waals surface area contributed by atoms with Gasteiger partial charge >= 0.3 is 0 Å². The predicted octanol–water partition coefficient (Wildman–Crippen LogP) is 2.63. The van der Waals surface area contributed by atoms with Gasteiger partial charge in [0.05, 0.1) is 26.4 Å². The molecule has 5 nitrogen and oxygen atoms in total. The second kappa shape index (κ2) is 8.79. The molecular formula is C23H29FN2O3. The molecule has 0 unspecified atom stereocenters. The number of halogens is 1. The fourth-order valence-electron chi connectivity index (χ4n) is 4.52. The van der Waals surface area contributed by atoms with Crippen molar-refractivity contribution in [3.8, 4) is 5.75 Å². The number of ether oxygens (including phenoxy) is 2. The van der Waals surface area contributed by atoms with Gasteiger partial charge in [-0.1, -0.05) is 36.4 Å². The van der Waals surface area contributed by atoms with Crippen LogP contribution < -0.4 is 4.74 Å². The van der Waals surface area contributed by atoms with Crippen molar-refractivity contribution in [2.75, 3.05) is 46.5 Å². The molecule has 6 heteroatoms. The summed E-state index contributed by atoms with van der Waals surface area (Å²) < 4.78 is 25.1. The van der Waals surface area contributed by atoms with Crippen molar-refractivity contribution in [1.82, 2.24) is 9.80 Å². The molecule has 2 aliphatic rings. The normalized spacial score (nSPS) is 26.4. The molecule has 2 atom stereocenters. The van der Waals surface area contributed by atoms with Gasteiger partial charge in [-0.15, -0.1) is 0 Å². The van der Waals surface area contributed by atoms with Gasteiger partial charge in [0.15, 0.2) is 0 Å². The molecule has 0 saturated carbocycles. The lowest BCUT2D eigenvalue weighted by Gasteiger charge is -2.50. The van der Waals surface area contributed by atoms with Crippen LogP contribution in [0.25, 0.3) is 0 Å². The fraction of sp³-hybridized carbons (Fsp3) is 0.478. The van der Waals surface area contributed by atoms with E-state index in [0.717, 1.165) is 18.7 Å². The number of rotatable bonds is 5. The topological polar surface area (TPSA) is 45.2 Å². The van der Waals surface area contributed by atoms with Crippen molar-refractivity contribution in [3.05, 3.63) is 65.5 Å². The van der Waals surface area contributed by atoms with Crippen molar-refractivity contribution >= 4 is 0 Å². The standard InChI is InChI=1S/C23H29FN2O3/c1-28-20-8-7-18(21(24)15-20)16-25-10-9-23(27,19-5-3-2-4-6-19)22(17-25)26-11-13-29-14-12-26/h2-8,15,22,27H,9-14,16-17H2,1H3/t22-,23+/m1/s1. The Hall–Kier alpha value is -1.99. The number of likely N-dealkylation sites (tertiary alicyclic amines) is 1. The maximum Gasteiger partial charge on any atom is 0.131 e. The van der Waals surface area contributed by atoms with Crippen molar-refractivity contribution in [1.29, 1.82) is 0 Å². The third kappa shape index (κ3) is 4.31. The van der Waals surface area contributed by atoms with Crippen LogP contribution in [-0.4, -0.2) is 67.5 Å². The van der Waals surface area contributed by atoms with Crippen LogP contribution in [-0.2, 0) is 16.9 Å². The van der Waals surface area contributed by atoms with Crippen LogP contribution >= 0.6 is 0 Å². The Morgan fingerprint density at radius 3 is 2.59 bits per heavy atom. The smallest absolute Gasteiger partial charge is 0.131 e. The lowest BCUT2D eigenvalue weighted by atomic mass is 9.79. The molecule has 2 aromatic carbocycles. The van der Waals surface area contributed by atoms with Crippen molar-refractivity contribution in [3.63, 3.8) is 0 Å². The number of hydrogen-bond donors (Lipinski definition) is 1. The minimum absolute atomic E-state index is 0.0659. The summed E-state index contributed by atoms with van der Waals surface area (Å²) >= 11 is 0. The van der Waals surface area contributed by atoms with E-state index in [-0.39, 0.29) is 11.9 Å². The summed E-state index contributed by atoms with van der Waals surface area (Å²) in [5, 5.41) is 11.8. The van der Waals surface area contributed by atoms with Crippen LogP contribution in [0.4, 0.5) is 4.39 Å². The van der Waals surface area contributed by atoms with Crippen LogP contribution in [0.1, 0.15) is 17.5 Å². The molecule has 2 aliphatic heterocycles. The van der Waals surface area contributed by atoms with Gasteiger partial charge in [-0.25, -0.2) is 4.39 Å². The molecule has 2 heterocycles. The zero-order chi connectivity index (χ0) is 20.3. The average Bonchev–Trinajstić information content (AvgIpc) is 2.77. The van der Waals surface area contributed by atoms with E-state index in [0.29, 0.717) is 50.6 Å². The molecule has 1 N–H and O–H groups in total. The summed E-state index contributed by atoms with van der Waals surface area (Å²) in [7, 11) is 1.54. The summed E-state index contributed by atoms with van der Waals surface area (Å²) in [4.78, 5) is 4.56. The number of benzene rings is 2. The first-order chi connectivity index (χ1) is 14.1. The Morgan fingerprint density at radius 1 is 1.14 bits per heavy atom. The SMILES string of the molecule is COc1ccc(CN2CC[C@](O)(c3ccccc3)[C@H](N3CCOCC3)C2)c(F)c1. The van der Waals surface area contributed by atoms with E-state index in [1.54, 1.807) is 12.1 Å². The number of nitrogens with zero attached hydrogens (tertiary/aromatic N) is 2. The second-order valence-corrected chi connectivity index (χ2v) is 7.90. The highest BCUT2D eigenvalue weighted by Gasteiger charge is 2.46. The van der Waals surface area contributed by atoms with Crippen LogP contribution in [0, 0.1) is 5.82 Å². The van der Waals surface area contributed by atoms with E-state index in [1.807, 2.05) is 30.3 Å². The van der Waals surface area contributed by atoms with E-state index in [1.165, 1.54) is 13.2 Å². The second-order valence-electron chi connectivity index (χ2n) is 7.90. The first-order valence-corrected chi connectivity index (χ1v) is 10.2. The van der Waals surface area contributed by atoms with Gasteiger partial charge in [0.2, 0.25) is 0 Å². The Balaban J connectivity index is 1.56. The van der Waals surface area contributed by atoms with Crippen LogP contribution in [0.15, 0.2) is 48.5 Å². The zero-order valence-corrected chi connectivity index (χ0v) is 16.9. The van der Waals surface area contributed by atoms with Crippen LogP contribution in [0.2, 0.25) is 0 Å². The molecule has 156 valence electrons. The molecule has 2 saturated heterocycles. The fourth-order valence-corrected chi connectivity index (χ4v) is 4.52. The highest BCUT2D eigenvalue weighted by atomic mass is 19.1. The zero-order valence-electron chi connectivity index (χ0n) is 16.9. The molecule has 2 fully saturated rings. The summed E-state index contributed by atoms with van der Waals surface area (Å²) in [6.07, 6.45) is 0.608. The summed E-state index contributed by atoms with van der Waals surface area (Å²) in [6.45, 7) is 4.84. The van der Waals surface area contributed by atoms with Crippen LogP contribution in [0.3, 0.4) is 0 Å². The van der Waals surface area contributed by atoms with Gasteiger partial charge in [0.25, 0.3) is 0 Å². The third-order valence-corrected chi connectivity index (χ3v) is 6.21. The molecule has 0 bridgehead atoms. The Kier molecular flexibility index (Phi) is 6.15. The summed E-state index contributed by atoms with van der Waals surface area (Å²) in [5.41, 5.74) is 0.677. The third-order valence-electron chi connectivity index (χ3n) is 6.21. The highest BCUT2D eigenvalue weighted by molar-refractivity contribution is 5.29. The number of piperidine rings is 1. The highest BCUT2D eigenvalue weighted by Crippen LogP contribution is 2.37. The molecule has 0 radical (unpaired) electrons. The molecule has 0 amide bonds. The lowest BCUT2D eigenvalue weighted by Crippen LogP contribution is -2.62. The first kappa shape index (κ1) is 20.3. The largest absolute Gasteiger partial charge is 0.497 e. The number of morpholine rings is 1. The molecule has 0 aromatic heterocycles. The van der Waals surface area contributed by atoms with Crippen molar-refractivity contribution in [2.45, 2.75) is 24.6 Å². The summed E-state index contributed by atoms with van der Waals surface area (Å²) in [5.74, 6) is 0.269. The molecular weight excluding hydrogens is 371 g/mol. The number of aliphatic hydroxyl groups is 1. The van der Waals surface area contributed by atoms with Gasteiger partial charge in [-0.2, -0.15) is 0 Å². The van der Waals surface area contributed by atoms with Gasteiger partial charge in [-0.05, 0) is 18.1 Å². The number of methoxy groups -OCH3 is 1. The Morgan fingerprint density at radius 2 is 1.90 bits per heavy atom. The van der Waals surface area contributed by atoms with Crippen molar-refractivity contribution < 1.29 is 19.0 Å². The Bertz CT molecular complexity index is 813. The van der Waals surface area contributed by atoms with Gasteiger partial charge < -0.3 is 14.6 Å². The summed E-state index contributed by atoms with van der Waals surface area (Å²) in [6, 6.07) is 14.9. The van der Waals surface area contributed by atoms with Gasteiger partial charge in [-0.3, -0.25) is 9.80 Å². The predicted molar refractivity (Wildman–Crippen MR) is 109 cm³/mol. The van der Waals surface area contributed by atoms with E-state index in [9.17, 15) is 9.50 Å². The Labute approximate surface area is 171 Å². The maximum absolute atomic E-state index is 14.5. The quantitative estimate of drug-likeness (QED) is 0.836. The molecule has 0 spiro atoms. The van der Waals surface area contributed by atoms with Gasteiger partial charge in [0.1, 0.15) is 17.2 Å². The van der Waals surface area contributed by atoms with Crippen LogP contribution in [0.5, 0.6) is 5.75 Å². The molecule has 2 aromatic rings. The average molecular weight is 400 g/mol. The molecule has 0 aliphatic carbocycles. The lowest BCUT2D eigenvalue weighted by molar-refractivity contribution is -0.119. The van der Waals surface area contributed by atoms with Gasteiger partial charge in [0, 0.05) is 44.4 Å². The number of hydrogen-bond acceptors (Lipinski definition) is 5. The van der Waals surface area contributed by atoms with E-state index in [2.05, 4.69) is 9.80 Å².